The molecule has 2 rings (SSSR count). The van der Waals surface area contributed by atoms with Gasteiger partial charge in [-0.2, -0.15) is 0 Å². The first-order valence-electron chi connectivity index (χ1n) is 15.2. The third-order valence-electron chi connectivity index (χ3n) is 7.01. The van der Waals surface area contributed by atoms with Gasteiger partial charge in [0.1, 0.15) is 13.2 Å². The van der Waals surface area contributed by atoms with Crippen LogP contribution in [0.2, 0.25) is 0 Å². The van der Waals surface area contributed by atoms with E-state index in [0.717, 1.165) is 0 Å². The number of halogens is 5. The molecule has 23 heteroatoms. The summed E-state index contributed by atoms with van der Waals surface area (Å²) in [6.45, 7) is -1.89. The fourth-order valence-corrected chi connectivity index (χ4v) is 11.5. The van der Waals surface area contributed by atoms with Crippen molar-refractivity contribution < 1.29 is 59.4 Å². The highest BCUT2D eigenvalue weighted by molar-refractivity contribution is 14.1. The van der Waals surface area contributed by atoms with Crippen molar-refractivity contribution in [2.24, 2.45) is 0 Å². The number of amides is 6. The molecule has 0 aliphatic carbocycles. The van der Waals surface area contributed by atoms with Crippen LogP contribution in [-0.4, -0.2) is 131 Å². The number of hydrogen-bond acceptors (Lipinski definition) is 12. The van der Waals surface area contributed by atoms with E-state index in [1.165, 1.54) is 0 Å². The van der Waals surface area contributed by atoms with Crippen molar-refractivity contribution >= 4 is 160 Å². The quantitative estimate of drug-likeness (QED) is 0.0671. The molecule has 0 radical (unpaired) electrons. The number of aliphatic hydroxyl groups is 6. The Morgan fingerprint density at radius 3 is 1.26 bits per heavy atom. The van der Waals surface area contributed by atoms with Crippen LogP contribution in [0.25, 0.3) is 0 Å². The Morgan fingerprint density at radius 1 is 0.528 bits per heavy atom. The second kappa shape index (κ2) is 23.0. The molecule has 18 nitrogen and oxygen atoms in total. The Balaban J connectivity index is 2.32. The second-order valence-corrected chi connectivity index (χ2v) is 16.2. The SMILES string of the molecule is Cc1c(NC(=O)CO)c(I)c(C(=O)NCC(O)CO)c(I)c1C(=O)NCCCNC(=O)c1c(I)c(NC(=O)CO)c(I)c(C(=O)NCC(O)CO)c1I. The first-order chi connectivity index (χ1) is 25.0. The summed E-state index contributed by atoms with van der Waals surface area (Å²) in [5.74, 6) is -4.21. The van der Waals surface area contributed by atoms with Gasteiger partial charge in [-0.25, -0.2) is 0 Å². The van der Waals surface area contributed by atoms with E-state index in [2.05, 4.69) is 31.9 Å². The summed E-state index contributed by atoms with van der Waals surface area (Å²) < 4.78 is 1.25. The molecule has 6 amide bonds. The van der Waals surface area contributed by atoms with Gasteiger partial charge in [0.2, 0.25) is 11.8 Å². The highest BCUT2D eigenvalue weighted by Gasteiger charge is 2.30. The van der Waals surface area contributed by atoms with Crippen molar-refractivity contribution in [1.82, 2.24) is 21.3 Å². The number of carbonyl (C=O) groups excluding carboxylic acids is 6. The number of hydrogen-bond donors (Lipinski definition) is 12. The topological polar surface area (TPSA) is 296 Å². The average Bonchev–Trinajstić information content (AvgIpc) is 3.12. The second-order valence-electron chi connectivity index (χ2n) is 10.8. The minimum atomic E-state index is -1.24. The maximum atomic E-state index is 13.5. The minimum absolute atomic E-state index is 0.0112. The lowest BCUT2D eigenvalue weighted by Crippen LogP contribution is -2.36. The van der Waals surface area contributed by atoms with Gasteiger partial charge in [0.15, 0.2) is 0 Å². The molecule has 0 aliphatic heterocycles. The van der Waals surface area contributed by atoms with Gasteiger partial charge in [-0.15, -0.1) is 0 Å². The van der Waals surface area contributed by atoms with Crippen molar-refractivity contribution in [3.05, 3.63) is 45.7 Å². The van der Waals surface area contributed by atoms with Crippen molar-refractivity contribution in [2.75, 3.05) is 63.2 Å². The smallest absolute Gasteiger partial charge is 0.253 e. The molecular formula is C30H35I5N6O12. The maximum absolute atomic E-state index is 13.5. The largest absolute Gasteiger partial charge is 0.394 e. The van der Waals surface area contributed by atoms with Gasteiger partial charge in [0, 0.05) is 33.3 Å². The third kappa shape index (κ3) is 12.8. The molecule has 292 valence electrons. The Labute approximate surface area is 370 Å². The first kappa shape index (κ1) is 47.8. The van der Waals surface area contributed by atoms with Crippen LogP contribution in [0.1, 0.15) is 53.4 Å². The summed E-state index contributed by atoms with van der Waals surface area (Å²) >= 11 is 9.11. The first-order valence-corrected chi connectivity index (χ1v) is 20.6. The summed E-state index contributed by atoms with van der Waals surface area (Å²) in [6.07, 6.45) is -2.26. The summed E-state index contributed by atoms with van der Waals surface area (Å²) in [7, 11) is 0. The van der Waals surface area contributed by atoms with E-state index >= 15 is 0 Å². The molecule has 0 spiro atoms. The predicted molar refractivity (Wildman–Crippen MR) is 233 cm³/mol. The highest BCUT2D eigenvalue weighted by atomic mass is 127. The average molecular weight is 1310 g/mol. The third-order valence-corrected chi connectivity index (χ3v) is 12.4. The normalized spacial score (nSPS) is 12.0. The molecular weight excluding hydrogens is 1270 g/mol. The van der Waals surface area contributed by atoms with Crippen LogP contribution in [0, 0.1) is 24.8 Å². The Morgan fingerprint density at radius 2 is 0.868 bits per heavy atom. The van der Waals surface area contributed by atoms with Gasteiger partial charge < -0.3 is 62.5 Å². The number of benzene rings is 2. The molecule has 2 atom stereocenters. The molecule has 53 heavy (non-hydrogen) atoms. The van der Waals surface area contributed by atoms with Crippen molar-refractivity contribution in [3.8, 4) is 0 Å². The predicted octanol–water partition coefficient (Wildman–Crippen LogP) is -0.404. The van der Waals surface area contributed by atoms with Crippen LogP contribution in [0.3, 0.4) is 0 Å². The van der Waals surface area contributed by atoms with E-state index in [-0.39, 0.29) is 84.1 Å². The highest BCUT2D eigenvalue weighted by Crippen LogP contribution is 2.36. The van der Waals surface area contributed by atoms with E-state index in [1.54, 1.807) is 6.92 Å². The molecule has 2 unspecified atom stereocenters. The Bertz CT molecular complexity index is 1630. The number of anilines is 2. The van der Waals surface area contributed by atoms with Gasteiger partial charge >= 0.3 is 0 Å². The van der Waals surface area contributed by atoms with Crippen LogP contribution in [0.4, 0.5) is 11.4 Å². The molecule has 12 N–H and O–H groups in total. The lowest BCUT2D eigenvalue weighted by atomic mass is 10.0. The van der Waals surface area contributed by atoms with E-state index in [1.807, 2.05) is 113 Å². The molecule has 0 heterocycles. The summed E-state index contributed by atoms with van der Waals surface area (Å²) in [6, 6.07) is 0. The van der Waals surface area contributed by atoms with Crippen LogP contribution < -0.4 is 31.9 Å². The van der Waals surface area contributed by atoms with Gasteiger partial charge in [0.05, 0.1) is 69.8 Å². The van der Waals surface area contributed by atoms with Crippen LogP contribution in [0.15, 0.2) is 0 Å². The minimum Gasteiger partial charge on any atom is -0.394 e. The molecule has 0 fully saturated rings. The Hall–Kier alpha value is -1.33. The number of rotatable bonds is 18. The molecule has 2 aromatic carbocycles. The van der Waals surface area contributed by atoms with Gasteiger partial charge in [0.25, 0.3) is 23.6 Å². The molecule has 0 aliphatic rings. The van der Waals surface area contributed by atoms with Crippen LogP contribution >= 0.6 is 113 Å². The zero-order valence-corrected chi connectivity index (χ0v) is 38.3. The zero-order chi connectivity index (χ0) is 40.2. The number of aliphatic hydroxyl groups excluding tert-OH is 6. The van der Waals surface area contributed by atoms with E-state index in [9.17, 15) is 49.2 Å². The Kier molecular flexibility index (Phi) is 20.8. The van der Waals surface area contributed by atoms with Gasteiger partial charge in [-0.05, 0) is 132 Å². The standard InChI is InChI=1S/C30H35I5N6O12/c1-11-16(20(31)17(29(52)38-5-12(46)7-42)22(33)25(11)40-14(48)9-44)27(50)36-3-2-4-37-28(51)18-21(32)19(30(53)39-6-13(47)8-43)24(35)26(23(18)34)41-15(49)10-45/h12-13,42-47H,2-10H2,1H3,(H,36,50)(H,37,51)(H,38,52)(H,39,53)(H,40,48)(H,41,49). The van der Waals surface area contributed by atoms with E-state index < -0.39 is 74.1 Å². The number of nitrogens with one attached hydrogen (secondary N) is 6. The van der Waals surface area contributed by atoms with Crippen LogP contribution in [-0.2, 0) is 9.59 Å². The molecule has 0 bridgehead atoms. The molecule has 2 aromatic rings. The summed E-state index contributed by atoms with van der Waals surface area (Å²) in [5.41, 5.74) is 0.633. The molecule has 0 saturated heterocycles. The fraction of sp³-hybridized carbons (Fsp3) is 0.400. The van der Waals surface area contributed by atoms with Crippen LogP contribution in [0.5, 0.6) is 0 Å². The number of carbonyl (C=O) groups is 6. The van der Waals surface area contributed by atoms with Crippen molar-refractivity contribution in [1.29, 1.82) is 0 Å². The monoisotopic (exact) mass is 1310 g/mol. The van der Waals surface area contributed by atoms with E-state index in [0.29, 0.717) is 5.56 Å². The molecule has 0 saturated carbocycles. The fourth-order valence-electron chi connectivity index (χ4n) is 4.34. The summed E-state index contributed by atoms with van der Waals surface area (Å²) in [4.78, 5) is 77.5. The van der Waals surface area contributed by atoms with Gasteiger partial charge in [-0.1, -0.05) is 0 Å². The van der Waals surface area contributed by atoms with Crippen molar-refractivity contribution in [2.45, 2.75) is 25.6 Å². The molecule has 0 aromatic heterocycles. The zero-order valence-electron chi connectivity index (χ0n) is 27.5. The summed E-state index contributed by atoms with van der Waals surface area (Å²) in [5, 5.41) is 71.6. The van der Waals surface area contributed by atoms with Gasteiger partial charge in [-0.3, -0.25) is 28.8 Å². The lowest BCUT2D eigenvalue weighted by Gasteiger charge is -2.21. The lowest BCUT2D eigenvalue weighted by molar-refractivity contribution is -0.119. The van der Waals surface area contributed by atoms with Crippen molar-refractivity contribution in [3.63, 3.8) is 0 Å². The van der Waals surface area contributed by atoms with E-state index in [4.69, 9.17) is 10.2 Å². The maximum Gasteiger partial charge on any atom is 0.253 e.